The molecule has 0 saturated heterocycles. The average Bonchev–Trinajstić information content (AvgIpc) is 2.26. The fraction of sp³-hybridized carbons (Fsp3) is 0.300. The van der Waals surface area contributed by atoms with Gasteiger partial charge in [-0.2, -0.15) is 0 Å². The van der Waals surface area contributed by atoms with E-state index in [4.69, 9.17) is 5.73 Å². The fourth-order valence-electron chi connectivity index (χ4n) is 1.08. The van der Waals surface area contributed by atoms with Gasteiger partial charge < -0.3 is 11.1 Å². The Balaban J connectivity index is 0.00000289. The maximum atomic E-state index is 13.3. The Kier molecular flexibility index (Phi) is 6.93. The molecule has 0 aliphatic carbocycles. The quantitative estimate of drug-likeness (QED) is 0.769. The summed E-state index contributed by atoms with van der Waals surface area (Å²) < 4.78 is 39.3. The predicted octanol–water partition coefficient (Wildman–Crippen LogP) is 2.18. The molecule has 102 valence electrons. The summed E-state index contributed by atoms with van der Waals surface area (Å²) in [6.07, 6.45) is 0. The van der Waals surface area contributed by atoms with Crippen LogP contribution >= 0.6 is 35.0 Å². The third-order valence-electron chi connectivity index (χ3n) is 2.00. The van der Waals surface area contributed by atoms with Crippen LogP contribution in [0.2, 0.25) is 0 Å². The normalized spacial score (nSPS) is 10.7. The van der Waals surface area contributed by atoms with Gasteiger partial charge in [0.05, 0.1) is 18.7 Å². The van der Waals surface area contributed by atoms with Crippen molar-refractivity contribution in [2.45, 2.75) is 5.92 Å². The number of benzene rings is 1. The molecule has 0 aliphatic heterocycles. The summed E-state index contributed by atoms with van der Waals surface area (Å²) in [4.78, 5) is 11.5. The van der Waals surface area contributed by atoms with Crippen LogP contribution in [0.5, 0.6) is 0 Å². The Morgan fingerprint density at radius 1 is 1.44 bits per heavy atom. The fourth-order valence-corrected chi connectivity index (χ4v) is 1.80. The molecule has 1 aromatic carbocycles. The minimum Gasteiger partial charge on any atom is -0.346 e. The number of amides is 1. The van der Waals surface area contributed by atoms with Crippen LogP contribution in [0.25, 0.3) is 0 Å². The molecule has 18 heavy (non-hydrogen) atoms. The lowest BCUT2D eigenvalue weighted by Crippen LogP contribution is -2.41. The molecule has 0 bridgehead atoms. The molecule has 0 aromatic heterocycles. The zero-order chi connectivity index (χ0) is 13.1. The zero-order valence-electron chi connectivity index (χ0n) is 9.05. The van der Waals surface area contributed by atoms with Crippen molar-refractivity contribution in [3.63, 3.8) is 0 Å². The van der Waals surface area contributed by atoms with Gasteiger partial charge in [0.1, 0.15) is 5.82 Å². The van der Waals surface area contributed by atoms with Gasteiger partial charge in [0.25, 0.3) is 11.8 Å². The van der Waals surface area contributed by atoms with Gasteiger partial charge in [-0.15, -0.1) is 12.4 Å². The van der Waals surface area contributed by atoms with Crippen molar-refractivity contribution >= 4 is 40.9 Å². The number of nitrogens with one attached hydrogen (secondary N) is 1. The number of alkyl halides is 2. The van der Waals surface area contributed by atoms with E-state index in [0.717, 1.165) is 6.07 Å². The second-order valence-corrected chi connectivity index (χ2v) is 4.50. The molecule has 3 N–H and O–H groups in total. The number of hydrogen-bond acceptors (Lipinski definition) is 2. The SMILES string of the molecule is Cl.NCC(F)(F)CNC(=O)c1c(F)cccc1I. The molecule has 0 fully saturated rings. The monoisotopic (exact) mass is 394 g/mol. The number of hydrogen-bond donors (Lipinski definition) is 2. The summed E-state index contributed by atoms with van der Waals surface area (Å²) in [6.45, 7) is -1.78. The van der Waals surface area contributed by atoms with Gasteiger partial charge in [-0.25, -0.2) is 13.2 Å². The molecule has 8 heteroatoms. The Hall–Kier alpha value is -0.540. The van der Waals surface area contributed by atoms with E-state index in [1.165, 1.54) is 12.1 Å². The van der Waals surface area contributed by atoms with Crippen LogP contribution in [0.1, 0.15) is 10.4 Å². The molecular weight excluding hydrogens is 383 g/mol. The van der Waals surface area contributed by atoms with Crippen molar-refractivity contribution in [3.8, 4) is 0 Å². The molecular formula is C10H11ClF3IN2O. The number of carbonyl (C=O) groups is 1. The summed E-state index contributed by atoms with van der Waals surface area (Å²) in [6, 6.07) is 4.04. The molecule has 1 amide bonds. The lowest BCUT2D eigenvalue weighted by molar-refractivity contribution is 0.0118. The standard InChI is InChI=1S/C10H10F3IN2O.ClH/c11-6-2-1-3-7(14)8(6)9(17)16-5-10(12,13)4-15;/h1-3H,4-5,15H2,(H,16,17);1H. The van der Waals surface area contributed by atoms with Crippen LogP contribution in [-0.4, -0.2) is 24.9 Å². The van der Waals surface area contributed by atoms with Gasteiger partial charge in [-0.3, -0.25) is 4.79 Å². The van der Waals surface area contributed by atoms with Crippen molar-refractivity contribution in [2.75, 3.05) is 13.1 Å². The Labute approximate surface area is 122 Å². The first-order valence-electron chi connectivity index (χ1n) is 4.67. The largest absolute Gasteiger partial charge is 0.346 e. The lowest BCUT2D eigenvalue weighted by Gasteiger charge is -2.15. The van der Waals surface area contributed by atoms with Crippen molar-refractivity contribution in [2.24, 2.45) is 5.73 Å². The van der Waals surface area contributed by atoms with Crippen LogP contribution in [-0.2, 0) is 0 Å². The van der Waals surface area contributed by atoms with Crippen LogP contribution in [0.3, 0.4) is 0 Å². The van der Waals surface area contributed by atoms with Gasteiger partial charge in [0, 0.05) is 3.57 Å². The van der Waals surface area contributed by atoms with Crippen molar-refractivity contribution in [1.82, 2.24) is 5.32 Å². The molecule has 0 atom stereocenters. The topological polar surface area (TPSA) is 55.1 Å². The van der Waals surface area contributed by atoms with Crippen molar-refractivity contribution < 1.29 is 18.0 Å². The molecule has 0 aliphatic rings. The van der Waals surface area contributed by atoms with Gasteiger partial charge in [-0.05, 0) is 34.7 Å². The van der Waals surface area contributed by atoms with Crippen molar-refractivity contribution in [3.05, 3.63) is 33.1 Å². The van der Waals surface area contributed by atoms with Gasteiger partial charge in [0.15, 0.2) is 0 Å². The summed E-state index contributed by atoms with van der Waals surface area (Å²) in [5, 5.41) is 1.96. The van der Waals surface area contributed by atoms with Gasteiger partial charge in [0.2, 0.25) is 0 Å². The van der Waals surface area contributed by atoms with E-state index in [9.17, 15) is 18.0 Å². The van der Waals surface area contributed by atoms with Gasteiger partial charge in [-0.1, -0.05) is 6.07 Å². The number of carbonyl (C=O) groups excluding carboxylic acids is 1. The molecule has 0 unspecified atom stereocenters. The summed E-state index contributed by atoms with van der Waals surface area (Å²) in [5.41, 5.74) is 4.58. The maximum absolute atomic E-state index is 13.3. The highest BCUT2D eigenvalue weighted by Crippen LogP contribution is 2.16. The molecule has 0 spiro atoms. The molecule has 3 nitrogen and oxygen atoms in total. The molecule has 0 heterocycles. The molecule has 1 rings (SSSR count). The minimum absolute atomic E-state index is 0. The van der Waals surface area contributed by atoms with E-state index < -0.39 is 30.7 Å². The number of rotatable bonds is 4. The Morgan fingerprint density at radius 3 is 2.56 bits per heavy atom. The molecule has 0 radical (unpaired) electrons. The second kappa shape index (κ2) is 7.15. The van der Waals surface area contributed by atoms with Gasteiger partial charge >= 0.3 is 0 Å². The highest BCUT2D eigenvalue weighted by molar-refractivity contribution is 14.1. The first-order chi connectivity index (χ1) is 7.87. The third-order valence-corrected chi connectivity index (χ3v) is 2.89. The zero-order valence-corrected chi connectivity index (χ0v) is 12.0. The average molecular weight is 395 g/mol. The van der Waals surface area contributed by atoms with Crippen LogP contribution in [0.15, 0.2) is 18.2 Å². The predicted molar refractivity (Wildman–Crippen MR) is 72.7 cm³/mol. The van der Waals surface area contributed by atoms with Crippen molar-refractivity contribution in [1.29, 1.82) is 0 Å². The summed E-state index contributed by atoms with van der Waals surface area (Å²) >= 11 is 1.76. The molecule has 0 saturated carbocycles. The minimum atomic E-state index is -3.19. The highest BCUT2D eigenvalue weighted by atomic mass is 127. The van der Waals surface area contributed by atoms with E-state index in [-0.39, 0.29) is 18.0 Å². The van der Waals surface area contributed by atoms with E-state index in [2.05, 4.69) is 0 Å². The Bertz CT molecular complexity index is 411. The van der Waals surface area contributed by atoms with E-state index in [1.54, 1.807) is 22.6 Å². The summed E-state index contributed by atoms with van der Waals surface area (Å²) in [5.74, 6) is -4.81. The smallest absolute Gasteiger partial charge is 0.277 e. The highest BCUT2D eigenvalue weighted by Gasteiger charge is 2.28. The first kappa shape index (κ1) is 17.5. The number of halogens is 5. The Morgan fingerprint density at radius 2 is 2.06 bits per heavy atom. The van der Waals surface area contributed by atoms with Crippen LogP contribution in [0.4, 0.5) is 13.2 Å². The number of nitrogens with two attached hydrogens (primary N) is 1. The lowest BCUT2D eigenvalue weighted by atomic mass is 10.2. The third kappa shape index (κ3) is 4.62. The van der Waals surface area contributed by atoms with E-state index in [1.807, 2.05) is 5.32 Å². The second-order valence-electron chi connectivity index (χ2n) is 3.34. The van der Waals surface area contributed by atoms with Crippen LogP contribution in [0, 0.1) is 9.39 Å². The summed E-state index contributed by atoms with van der Waals surface area (Å²) in [7, 11) is 0. The first-order valence-corrected chi connectivity index (χ1v) is 5.75. The van der Waals surface area contributed by atoms with E-state index >= 15 is 0 Å². The van der Waals surface area contributed by atoms with Crippen LogP contribution < -0.4 is 11.1 Å². The van der Waals surface area contributed by atoms with E-state index in [0.29, 0.717) is 3.57 Å². The maximum Gasteiger partial charge on any atom is 0.277 e. The molecule has 1 aromatic rings.